The molecule has 0 atom stereocenters. The van der Waals surface area contributed by atoms with E-state index in [1.807, 2.05) is 0 Å². The van der Waals surface area contributed by atoms with Gasteiger partial charge in [0, 0.05) is 18.9 Å². The summed E-state index contributed by atoms with van der Waals surface area (Å²) in [7, 11) is 1.62. The SMILES string of the molecule is CCC(F)(F)/C=C/C1(COC)CCC1. The van der Waals surface area contributed by atoms with Crippen LogP contribution in [0, 0.1) is 5.41 Å². The molecule has 0 N–H and O–H groups in total. The maximum atomic E-state index is 13.0. The fourth-order valence-electron chi connectivity index (χ4n) is 1.69. The third-order valence-corrected chi connectivity index (χ3v) is 2.93. The first-order valence-electron chi connectivity index (χ1n) is 5.11. The summed E-state index contributed by atoms with van der Waals surface area (Å²) in [5, 5.41) is 0. The van der Waals surface area contributed by atoms with Crippen LogP contribution in [-0.4, -0.2) is 19.6 Å². The van der Waals surface area contributed by atoms with Crippen LogP contribution in [0.25, 0.3) is 0 Å². The number of halogens is 2. The van der Waals surface area contributed by atoms with E-state index in [0.717, 1.165) is 25.3 Å². The van der Waals surface area contributed by atoms with Crippen LogP contribution in [0.4, 0.5) is 8.78 Å². The minimum atomic E-state index is -2.66. The van der Waals surface area contributed by atoms with E-state index in [4.69, 9.17) is 4.74 Å². The standard InChI is InChI=1S/C11H18F2O/c1-3-11(12,13)8-7-10(9-14-2)5-4-6-10/h7-8H,3-6,9H2,1-2H3/b8-7+. The molecule has 0 aliphatic heterocycles. The van der Waals surface area contributed by atoms with E-state index >= 15 is 0 Å². The van der Waals surface area contributed by atoms with Crippen LogP contribution in [0.15, 0.2) is 12.2 Å². The molecule has 1 aliphatic rings. The monoisotopic (exact) mass is 204 g/mol. The fraction of sp³-hybridized carbons (Fsp3) is 0.818. The number of ether oxygens (including phenoxy) is 1. The summed E-state index contributed by atoms with van der Waals surface area (Å²) in [5.74, 6) is -2.66. The van der Waals surface area contributed by atoms with Gasteiger partial charge in [0.1, 0.15) is 0 Å². The summed E-state index contributed by atoms with van der Waals surface area (Å²) in [4.78, 5) is 0. The Labute approximate surface area is 84.1 Å². The molecule has 0 amide bonds. The van der Waals surface area contributed by atoms with Crippen molar-refractivity contribution >= 4 is 0 Å². The highest BCUT2D eigenvalue weighted by atomic mass is 19.3. The van der Waals surface area contributed by atoms with Crippen molar-refractivity contribution in [3.8, 4) is 0 Å². The summed E-state index contributed by atoms with van der Waals surface area (Å²) in [6.07, 6.45) is 5.63. The van der Waals surface area contributed by atoms with Gasteiger partial charge in [0.25, 0.3) is 5.92 Å². The zero-order valence-corrected chi connectivity index (χ0v) is 8.85. The van der Waals surface area contributed by atoms with Gasteiger partial charge in [0.15, 0.2) is 0 Å². The predicted octanol–water partition coefficient (Wildman–Crippen LogP) is 3.40. The molecule has 3 heteroatoms. The second-order valence-electron chi connectivity index (χ2n) is 4.10. The molecule has 1 fully saturated rings. The van der Waals surface area contributed by atoms with Crippen LogP contribution >= 0.6 is 0 Å². The lowest BCUT2D eigenvalue weighted by Crippen LogP contribution is -2.32. The van der Waals surface area contributed by atoms with Gasteiger partial charge >= 0.3 is 0 Å². The van der Waals surface area contributed by atoms with Crippen molar-refractivity contribution in [2.24, 2.45) is 5.41 Å². The lowest BCUT2D eigenvalue weighted by molar-refractivity contribution is 0.0377. The normalized spacial score (nSPS) is 21.1. The summed E-state index contributed by atoms with van der Waals surface area (Å²) in [6, 6.07) is 0. The third kappa shape index (κ3) is 2.77. The van der Waals surface area contributed by atoms with Crippen LogP contribution in [0.2, 0.25) is 0 Å². The molecule has 0 unspecified atom stereocenters. The molecule has 0 radical (unpaired) electrons. The van der Waals surface area contributed by atoms with E-state index in [0.29, 0.717) is 6.61 Å². The molecule has 14 heavy (non-hydrogen) atoms. The number of allylic oxidation sites excluding steroid dienone is 1. The van der Waals surface area contributed by atoms with Crippen molar-refractivity contribution in [3.63, 3.8) is 0 Å². The average molecular weight is 204 g/mol. The van der Waals surface area contributed by atoms with Gasteiger partial charge in [0.2, 0.25) is 0 Å². The Hall–Kier alpha value is -0.440. The van der Waals surface area contributed by atoms with Crippen molar-refractivity contribution in [2.45, 2.75) is 38.5 Å². The molecular formula is C11H18F2O. The van der Waals surface area contributed by atoms with Gasteiger partial charge < -0.3 is 4.74 Å². The van der Waals surface area contributed by atoms with E-state index in [1.54, 1.807) is 13.2 Å². The number of methoxy groups -OCH3 is 1. The number of rotatable bonds is 5. The molecule has 0 aromatic rings. The molecule has 0 bridgehead atoms. The van der Waals surface area contributed by atoms with E-state index < -0.39 is 5.92 Å². The molecule has 1 nitrogen and oxygen atoms in total. The van der Waals surface area contributed by atoms with Gasteiger partial charge in [-0.3, -0.25) is 0 Å². The molecule has 0 saturated heterocycles. The van der Waals surface area contributed by atoms with Gasteiger partial charge in [-0.1, -0.05) is 19.4 Å². The molecule has 0 heterocycles. The molecule has 82 valence electrons. The molecule has 0 aromatic heterocycles. The molecule has 1 saturated carbocycles. The Morgan fingerprint density at radius 1 is 1.43 bits per heavy atom. The Morgan fingerprint density at radius 3 is 2.43 bits per heavy atom. The highest BCUT2D eigenvalue weighted by molar-refractivity contribution is 5.08. The second-order valence-corrected chi connectivity index (χ2v) is 4.10. The van der Waals surface area contributed by atoms with E-state index in [-0.39, 0.29) is 11.8 Å². The number of hydrogen-bond acceptors (Lipinski definition) is 1. The fourth-order valence-corrected chi connectivity index (χ4v) is 1.69. The van der Waals surface area contributed by atoms with Gasteiger partial charge in [-0.05, 0) is 18.9 Å². The lowest BCUT2D eigenvalue weighted by Gasteiger charge is -2.38. The first-order valence-corrected chi connectivity index (χ1v) is 5.11. The number of alkyl halides is 2. The minimum absolute atomic E-state index is 0.104. The van der Waals surface area contributed by atoms with Crippen LogP contribution in [0.5, 0.6) is 0 Å². The highest BCUT2D eigenvalue weighted by Crippen LogP contribution is 2.43. The van der Waals surface area contributed by atoms with Crippen molar-refractivity contribution in [1.82, 2.24) is 0 Å². The molecular weight excluding hydrogens is 186 g/mol. The van der Waals surface area contributed by atoms with Gasteiger partial charge in [-0.2, -0.15) is 0 Å². The maximum Gasteiger partial charge on any atom is 0.266 e. The summed E-state index contributed by atoms with van der Waals surface area (Å²) in [5.41, 5.74) is -0.104. The Bertz CT molecular complexity index is 207. The highest BCUT2D eigenvalue weighted by Gasteiger charge is 2.35. The Balaban J connectivity index is 2.55. The van der Waals surface area contributed by atoms with E-state index in [9.17, 15) is 8.78 Å². The average Bonchev–Trinajstić information content (AvgIpc) is 2.09. The van der Waals surface area contributed by atoms with Crippen LogP contribution in [-0.2, 0) is 4.74 Å². The first-order chi connectivity index (χ1) is 6.54. The van der Waals surface area contributed by atoms with E-state index in [2.05, 4.69) is 0 Å². The summed E-state index contributed by atoms with van der Waals surface area (Å²) < 4.78 is 31.0. The van der Waals surface area contributed by atoms with Gasteiger partial charge in [-0.15, -0.1) is 0 Å². The molecule has 0 spiro atoms. The van der Waals surface area contributed by atoms with E-state index in [1.165, 1.54) is 6.92 Å². The topological polar surface area (TPSA) is 9.23 Å². The zero-order chi connectivity index (χ0) is 10.7. The maximum absolute atomic E-state index is 13.0. The van der Waals surface area contributed by atoms with Crippen molar-refractivity contribution in [3.05, 3.63) is 12.2 Å². The van der Waals surface area contributed by atoms with Gasteiger partial charge in [-0.25, -0.2) is 8.78 Å². The van der Waals surface area contributed by atoms with Crippen LogP contribution in [0.1, 0.15) is 32.6 Å². The first kappa shape index (κ1) is 11.6. The van der Waals surface area contributed by atoms with Crippen molar-refractivity contribution in [1.29, 1.82) is 0 Å². The smallest absolute Gasteiger partial charge is 0.266 e. The lowest BCUT2D eigenvalue weighted by atomic mass is 9.69. The third-order valence-electron chi connectivity index (χ3n) is 2.93. The molecule has 1 aliphatic carbocycles. The Kier molecular flexibility index (Phi) is 3.65. The van der Waals surface area contributed by atoms with Crippen LogP contribution < -0.4 is 0 Å². The van der Waals surface area contributed by atoms with Crippen molar-refractivity contribution in [2.75, 3.05) is 13.7 Å². The minimum Gasteiger partial charge on any atom is -0.384 e. The second kappa shape index (κ2) is 4.39. The number of hydrogen-bond donors (Lipinski definition) is 0. The largest absolute Gasteiger partial charge is 0.384 e. The molecule has 0 aromatic carbocycles. The predicted molar refractivity (Wildman–Crippen MR) is 52.5 cm³/mol. The van der Waals surface area contributed by atoms with Crippen LogP contribution in [0.3, 0.4) is 0 Å². The zero-order valence-electron chi connectivity index (χ0n) is 8.85. The summed E-state index contributed by atoms with van der Waals surface area (Å²) >= 11 is 0. The van der Waals surface area contributed by atoms with Gasteiger partial charge in [0.05, 0.1) is 6.61 Å². The Morgan fingerprint density at radius 2 is 2.07 bits per heavy atom. The molecule has 1 rings (SSSR count). The van der Waals surface area contributed by atoms with Crippen molar-refractivity contribution < 1.29 is 13.5 Å². The summed E-state index contributed by atoms with van der Waals surface area (Å²) in [6.45, 7) is 2.05. The quantitative estimate of drug-likeness (QED) is 0.623.